The molecular formula is C48H72N4O16P2. The fourth-order valence-electron chi connectivity index (χ4n) is 6.42. The van der Waals surface area contributed by atoms with Crippen LogP contribution in [0, 0.1) is 22.7 Å². The zero-order chi connectivity index (χ0) is 52.0. The van der Waals surface area contributed by atoms with E-state index in [1.807, 2.05) is 87.9 Å². The standard InChI is InChI=1S/C48H72N4O16P2/c1-34(2)43(53)59-30-65-69(57,63-28-51-26-37(20-22-49(10)11)39-16-14-15-17-41(39)51)66-31-60-44(54)35(3)24-36-18-19-40-38(21-23-50(12)13)27-52(42(40)25-36)29-64-70(58,67-32-61-45(55)47(4,5)6)68-33-62-46(56)48(7,8)9/h14-19,25-27,34-35H,20-24,28-33H2,1-13H3. The number of aromatic nitrogens is 2. The number of nitrogens with zero attached hydrogens (tertiary/aromatic N) is 4. The molecule has 0 aliphatic heterocycles. The predicted molar refractivity (Wildman–Crippen MR) is 261 cm³/mol. The summed E-state index contributed by atoms with van der Waals surface area (Å²) in [6.07, 6.45) is 5.34. The van der Waals surface area contributed by atoms with Gasteiger partial charge in [-0.2, -0.15) is 0 Å². The van der Waals surface area contributed by atoms with Crippen LogP contribution in [0.2, 0.25) is 0 Å². The number of benzene rings is 2. The molecule has 0 saturated carbocycles. The van der Waals surface area contributed by atoms with Crippen LogP contribution in [-0.4, -0.2) is 111 Å². The second-order valence-corrected chi connectivity index (χ2v) is 23.0. The molecule has 2 heterocycles. The van der Waals surface area contributed by atoms with Crippen molar-refractivity contribution < 1.29 is 74.4 Å². The van der Waals surface area contributed by atoms with Crippen molar-refractivity contribution in [1.82, 2.24) is 18.9 Å². The monoisotopic (exact) mass is 1020 g/mol. The maximum atomic E-state index is 14.0. The first-order valence-corrected chi connectivity index (χ1v) is 25.8. The Labute approximate surface area is 411 Å². The molecule has 0 fully saturated rings. The van der Waals surface area contributed by atoms with Crippen molar-refractivity contribution in [3.05, 3.63) is 71.5 Å². The highest BCUT2D eigenvalue weighted by Crippen LogP contribution is 2.51. The third-order valence-corrected chi connectivity index (χ3v) is 13.1. The largest absolute Gasteiger partial charge is 0.482 e. The number of hydrogen-bond acceptors (Lipinski definition) is 18. The predicted octanol–water partition coefficient (Wildman–Crippen LogP) is 8.66. The molecule has 0 saturated heterocycles. The molecule has 4 aromatic rings. The number of hydrogen-bond donors (Lipinski definition) is 0. The summed E-state index contributed by atoms with van der Waals surface area (Å²) in [5, 5.41) is 1.86. The van der Waals surface area contributed by atoms with Crippen molar-refractivity contribution >= 4 is 61.3 Å². The number of esters is 4. The minimum atomic E-state index is -4.54. The van der Waals surface area contributed by atoms with Gasteiger partial charge in [0.2, 0.25) is 27.2 Å². The lowest BCUT2D eigenvalue weighted by Crippen LogP contribution is -2.25. The van der Waals surface area contributed by atoms with Crippen LogP contribution in [-0.2, 0) is 107 Å². The fourth-order valence-corrected chi connectivity index (χ4v) is 8.12. The summed E-state index contributed by atoms with van der Waals surface area (Å²) in [6, 6.07) is 13.3. The second kappa shape index (κ2) is 25.8. The van der Waals surface area contributed by atoms with Gasteiger partial charge in [-0.15, -0.1) is 0 Å². The SMILES string of the molecule is CC(C)C(=O)OCOP(=O)(OCOC(=O)C(C)Cc1ccc2c(CCN(C)C)cn(COP(=O)(OCOC(=O)C(C)(C)C)OCOC(=O)C(C)(C)C)c2c1)OCn1cc(CCN(C)C)c2ccccc21. The molecule has 0 N–H and O–H groups in total. The number of likely N-dealkylation sites (N-methyl/N-ethyl adjacent to an activating group) is 2. The highest BCUT2D eigenvalue weighted by Gasteiger charge is 2.33. The Morgan fingerprint density at radius 2 is 1.00 bits per heavy atom. The normalized spacial score (nSPS) is 13.8. The molecular weight excluding hydrogens is 950 g/mol. The average molecular weight is 1020 g/mol. The van der Waals surface area contributed by atoms with E-state index in [1.54, 1.807) is 71.4 Å². The van der Waals surface area contributed by atoms with Crippen LogP contribution in [0.4, 0.5) is 0 Å². The number of phosphoric ester groups is 2. The van der Waals surface area contributed by atoms with Gasteiger partial charge in [-0.05, 0) is 118 Å². The molecule has 2 aromatic heterocycles. The lowest BCUT2D eigenvalue weighted by molar-refractivity contribution is -0.164. The summed E-state index contributed by atoms with van der Waals surface area (Å²) in [5.41, 5.74) is 2.46. The van der Waals surface area contributed by atoms with Crippen molar-refractivity contribution in [3.63, 3.8) is 0 Å². The van der Waals surface area contributed by atoms with Crippen LogP contribution in [0.15, 0.2) is 54.9 Å². The van der Waals surface area contributed by atoms with E-state index in [9.17, 15) is 28.3 Å². The second-order valence-electron chi connectivity index (χ2n) is 19.7. The minimum absolute atomic E-state index is 0.198. The van der Waals surface area contributed by atoms with E-state index in [0.717, 1.165) is 45.9 Å². The van der Waals surface area contributed by atoms with Crippen molar-refractivity contribution in [2.24, 2.45) is 22.7 Å². The molecule has 4 rings (SSSR count). The third-order valence-electron chi connectivity index (χ3n) is 10.5. The van der Waals surface area contributed by atoms with Crippen LogP contribution in [0.5, 0.6) is 0 Å². The van der Waals surface area contributed by atoms with Crippen LogP contribution in [0.3, 0.4) is 0 Å². The van der Waals surface area contributed by atoms with E-state index < -0.39 is 89.4 Å². The van der Waals surface area contributed by atoms with Gasteiger partial charge in [0.25, 0.3) is 0 Å². The highest BCUT2D eigenvalue weighted by molar-refractivity contribution is 7.48. The molecule has 0 radical (unpaired) electrons. The Bertz CT molecular complexity index is 2450. The summed E-state index contributed by atoms with van der Waals surface area (Å²) >= 11 is 0. The van der Waals surface area contributed by atoms with Crippen molar-refractivity contribution in [2.45, 2.75) is 95.0 Å². The molecule has 20 nitrogen and oxygen atoms in total. The molecule has 390 valence electrons. The van der Waals surface area contributed by atoms with Gasteiger partial charge in [0, 0.05) is 36.3 Å². The molecule has 0 amide bonds. The summed E-state index contributed by atoms with van der Waals surface area (Å²) in [7, 11) is -1.17. The number of carbonyl (C=O) groups excluding carboxylic acids is 4. The first-order chi connectivity index (χ1) is 32.7. The molecule has 0 aliphatic rings. The van der Waals surface area contributed by atoms with E-state index in [2.05, 4.69) is 4.90 Å². The third kappa shape index (κ3) is 18.0. The van der Waals surface area contributed by atoms with Gasteiger partial charge in [0.1, 0.15) is 13.5 Å². The molecule has 22 heteroatoms. The molecule has 2 atom stereocenters. The zero-order valence-electron chi connectivity index (χ0n) is 42.8. The quantitative estimate of drug-likeness (QED) is 0.0225. The van der Waals surface area contributed by atoms with E-state index in [-0.39, 0.29) is 19.9 Å². The summed E-state index contributed by atoms with van der Waals surface area (Å²) in [6.45, 7) is 12.6. The molecule has 2 aromatic carbocycles. The lowest BCUT2D eigenvalue weighted by atomic mass is 9.98. The highest BCUT2D eigenvalue weighted by atomic mass is 31.2. The summed E-state index contributed by atoms with van der Waals surface area (Å²) in [4.78, 5) is 54.5. The van der Waals surface area contributed by atoms with Crippen molar-refractivity contribution in [2.75, 3.05) is 68.5 Å². The van der Waals surface area contributed by atoms with Gasteiger partial charge >= 0.3 is 39.5 Å². The Hall–Kier alpha value is -4.46. The van der Waals surface area contributed by atoms with E-state index in [4.69, 9.17) is 46.1 Å². The maximum absolute atomic E-state index is 14.0. The topological polar surface area (TPSA) is 211 Å². The number of fused-ring (bicyclic) bond motifs is 2. The minimum Gasteiger partial charge on any atom is -0.438 e. The van der Waals surface area contributed by atoms with Crippen LogP contribution in [0.25, 0.3) is 21.8 Å². The van der Waals surface area contributed by atoms with Gasteiger partial charge < -0.3 is 37.9 Å². The fraction of sp³-hybridized carbons (Fsp3) is 0.583. The average Bonchev–Trinajstić information content (AvgIpc) is 3.82. The zero-order valence-corrected chi connectivity index (χ0v) is 44.6. The van der Waals surface area contributed by atoms with Gasteiger partial charge in [-0.3, -0.25) is 28.2 Å². The van der Waals surface area contributed by atoms with E-state index in [0.29, 0.717) is 18.5 Å². The molecule has 0 aliphatic carbocycles. The van der Waals surface area contributed by atoms with Gasteiger partial charge in [0.05, 0.1) is 33.7 Å². The van der Waals surface area contributed by atoms with Gasteiger partial charge in [-0.25, -0.2) is 27.2 Å². The molecule has 0 spiro atoms. The number of carbonyl (C=O) groups is 4. The number of phosphoric acid groups is 2. The number of para-hydroxylation sites is 1. The Kier molecular flexibility index (Phi) is 21.4. The van der Waals surface area contributed by atoms with Gasteiger partial charge in [0.15, 0.2) is 0 Å². The summed E-state index contributed by atoms with van der Waals surface area (Å²) < 4.78 is 85.4. The van der Waals surface area contributed by atoms with Gasteiger partial charge in [-0.1, -0.05) is 51.1 Å². The number of ether oxygens (including phenoxy) is 4. The molecule has 0 bridgehead atoms. The molecule has 2 unspecified atom stereocenters. The smallest absolute Gasteiger partial charge is 0.438 e. The Balaban J connectivity index is 1.49. The van der Waals surface area contributed by atoms with E-state index >= 15 is 0 Å². The van der Waals surface area contributed by atoms with Crippen LogP contribution >= 0.6 is 15.6 Å². The maximum Gasteiger partial charge on any atom is 0.482 e. The van der Waals surface area contributed by atoms with E-state index in [1.165, 1.54) is 0 Å². The Morgan fingerprint density at radius 3 is 1.46 bits per heavy atom. The van der Waals surface area contributed by atoms with Crippen LogP contribution in [0.1, 0.15) is 79.0 Å². The van der Waals surface area contributed by atoms with Crippen LogP contribution < -0.4 is 0 Å². The Morgan fingerprint density at radius 1 is 0.571 bits per heavy atom. The van der Waals surface area contributed by atoms with Crippen molar-refractivity contribution in [3.8, 4) is 0 Å². The number of rotatable bonds is 28. The van der Waals surface area contributed by atoms with Crippen molar-refractivity contribution in [1.29, 1.82) is 0 Å². The summed E-state index contributed by atoms with van der Waals surface area (Å²) in [5.74, 6) is -3.72. The lowest BCUT2D eigenvalue weighted by Gasteiger charge is -2.21. The first kappa shape index (κ1) is 58.1. The first-order valence-electron chi connectivity index (χ1n) is 22.9. The molecule has 70 heavy (non-hydrogen) atoms.